The molecular weight excluding hydrogens is 216 g/mol. The third kappa shape index (κ3) is 3.82. The number of aromatic hydroxyl groups is 2. The Hall–Kier alpha value is -2.31. The quantitative estimate of drug-likeness (QED) is 0.534. The van der Waals surface area contributed by atoms with Crippen molar-refractivity contribution < 1.29 is 24.9 Å². The molecule has 88 valence electrons. The fraction of sp³-hybridized carbons (Fsp3) is 0.222. The van der Waals surface area contributed by atoms with Crippen molar-refractivity contribution in [3.63, 3.8) is 0 Å². The van der Waals surface area contributed by atoms with Crippen LogP contribution in [0.25, 0.3) is 0 Å². The number of nitrogens with zero attached hydrogens (tertiary/aromatic N) is 1. The number of hydrogen-bond acceptors (Lipinski definition) is 5. The van der Waals surface area contributed by atoms with Gasteiger partial charge in [-0.05, 0) is 6.92 Å². The van der Waals surface area contributed by atoms with Gasteiger partial charge >= 0.3 is 0 Å². The Morgan fingerprint density at radius 3 is 2.19 bits per heavy atom. The third-order valence-electron chi connectivity index (χ3n) is 1.51. The number of amides is 1. The van der Waals surface area contributed by atoms with Crippen LogP contribution in [0.1, 0.15) is 23.0 Å². The number of nitrogens with two attached hydrogens (primary N) is 1. The monoisotopic (exact) mass is 228 g/mol. The zero-order valence-corrected chi connectivity index (χ0v) is 8.76. The summed E-state index contributed by atoms with van der Waals surface area (Å²) in [5, 5.41) is 25.7. The van der Waals surface area contributed by atoms with E-state index in [1.807, 2.05) is 0 Å². The summed E-state index contributed by atoms with van der Waals surface area (Å²) in [5.74, 6) is -2.20. The van der Waals surface area contributed by atoms with Crippen molar-refractivity contribution in [1.82, 2.24) is 4.98 Å². The minimum Gasteiger partial charge on any atom is -0.506 e. The maximum Gasteiger partial charge on any atom is 0.300 e. The van der Waals surface area contributed by atoms with E-state index in [1.165, 1.54) is 6.92 Å². The van der Waals surface area contributed by atoms with Crippen LogP contribution in [0.4, 0.5) is 0 Å². The van der Waals surface area contributed by atoms with Crippen LogP contribution in [0.15, 0.2) is 6.20 Å². The van der Waals surface area contributed by atoms with Crippen molar-refractivity contribution in [3.8, 4) is 11.5 Å². The number of pyridine rings is 1. The molecule has 0 spiro atoms. The molecule has 1 heterocycles. The summed E-state index contributed by atoms with van der Waals surface area (Å²) in [7, 11) is 0. The molecule has 1 rings (SSSR count). The minimum atomic E-state index is -0.833. The van der Waals surface area contributed by atoms with E-state index in [1.54, 1.807) is 0 Å². The van der Waals surface area contributed by atoms with Gasteiger partial charge in [-0.3, -0.25) is 9.59 Å². The lowest BCUT2D eigenvalue weighted by Gasteiger charge is -2.03. The van der Waals surface area contributed by atoms with E-state index in [0.29, 0.717) is 0 Å². The second-order valence-electron chi connectivity index (χ2n) is 2.85. The van der Waals surface area contributed by atoms with E-state index >= 15 is 0 Å². The fourth-order valence-electron chi connectivity index (χ4n) is 0.763. The van der Waals surface area contributed by atoms with Crippen molar-refractivity contribution >= 4 is 11.9 Å². The van der Waals surface area contributed by atoms with Crippen molar-refractivity contribution in [2.75, 3.05) is 0 Å². The normalized spacial score (nSPS) is 8.88. The lowest BCUT2D eigenvalue weighted by atomic mass is 10.2. The highest BCUT2D eigenvalue weighted by Gasteiger charge is 2.13. The molecule has 0 aliphatic rings. The Kier molecular flexibility index (Phi) is 4.74. The van der Waals surface area contributed by atoms with Gasteiger partial charge in [0.05, 0.1) is 6.20 Å². The van der Waals surface area contributed by atoms with Gasteiger partial charge in [-0.2, -0.15) is 0 Å². The predicted octanol–water partition coefficient (Wildman–Crippen LogP) is -0.00898. The van der Waals surface area contributed by atoms with E-state index < -0.39 is 11.9 Å². The Morgan fingerprint density at radius 1 is 1.38 bits per heavy atom. The Morgan fingerprint density at radius 2 is 1.81 bits per heavy atom. The van der Waals surface area contributed by atoms with Gasteiger partial charge in [-0.15, -0.1) is 0 Å². The summed E-state index contributed by atoms with van der Waals surface area (Å²) < 4.78 is 0. The molecule has 16 heavy (non-hydrogen) atoms. The molecule has 1 amide bonds. The summed E-state index contributed by atoms with van der Waals surface area (Å²) in [4.78, 5) is 23.1. The fourth-order valence-corrected chi connectivity index (χ4v) is 0.763. The van der Waals surface area contributed by atoms with Crippen molar-refractivity contribution in [2.45, 2.75) is 13.8 Å². The van der Waals surface area contributed by atoms with Crippen LogP contribution in [0.5, 0.6) is 11.5 Å². The molecule has 0 aliphatic heterocycles. The second-order valence-corrected chi connectivity index (χ2v) is 2.85. The lowest BCUT2D eigenvalue weighted by Crippen LogP contribution is -2.13. The van der Waals surface area contributed by atoms with Gasteiger partial charge in [0.1, 0.15) is 5.75 Å². The number of carboxylic acid groups (broad SMARTS) is 1. The molecule has 0 saturated heterocycles. The van der Waals surface area contributed by atoms with E-state index in [0.717, 1.165) is 13.1 Å². The molecule has 7 nitrogen and oxygen atoms in total. The molecule has 0 bridgehead atoms. The molecule has 0 atom stereocenters. The molecule has 1 aromatic heterocycles. The Balaban J connectivity index is 0.000000487. The van der Waals surface area contributed by atoms with Crippen LogP contribution in [-0.4, -0.2) is 32.2 Å². The maximum absolute atomic E-state index is 10.6. The topological polar surface area (TPSA) is 134 Å². The van der Waals surface area contributed by atoms with Gasteiger partial charge in [-0.25, -0.2) is 4.98 Å². The first-order chi connectivity index (χ1) is 7.27. The summed E-state index contributed by atoms with van der Waals surface area (Å²) >= 11 is 0. The third-order valence-corrected chi connectivity index (χ3v) is 1.51. The SMILES string of the molecule is CC(=O)O.Cc1c(O)cnc(C(N)=O)c1O. The standard InChI is InChI=1S/C7H8N2O3.C2H4O2/c1-3-4(10)2-9-5(6(3)11)7(8)12;1-2(3)4/h2,10-11H,1H3,(H2,8,12);1H3,(H,3,4). The number of aromatic nitrogens is 1. The van der Waals surface area contributed by atoms with Gasteiger partial charge in [0.25, 0.3) is 11.9 Å². The zero-order chi connectivity index (χ0) is 12.9. The molecule has 0 unspecified atom stereocenters. The van der Waals surface area contributed by atoms with Crippen LogP contribution in [0.3, 0.4) is 0 Å². The van der Waals surface area contributed by atoms with Gasteiger partial charge < -0.3 is 21.1 Å². The van der Waals surface area contributed by atoms with Gasteiger partial charge in [0.2, 0.25) is 0 Å². The van der Waals surface area contributed by atoms with Crippen LogP contribution in [-0.2, 0) is 4.79 Å². The largest absolute Gasteiger partial charge is 0.506 e. The molecule has 0 aromatic carbocycles. The summed E-state index contributed by atoms with van der Waals surface area (Å²) in [5.41, 5.74) is 4.85. The molecule has 0 radical (unpaired) electrons. The number of aliphatic carboxylic acids is 1. The van der Waals surface area contributed by atoms with Crippen molar-refractivity contribution in [2.24, 2.45) is 5.73 Å². The van der Waals surface area contributed by atoms with E-state index in [4.69, 9.17) is 20.7 Å². The van der Waals surface area contributed by atoms with Gasteiger partial charge in [-0.1, -0.05) is 0 Å². The number of rotatable bonds is 1. The van der Waals surface area contributed by atoms with E-state index in [2.05, 4.69) is 4.98 Å². The van der Waals surface area contributed by atoms with Crippen LogP contribution >= 0.6 is 0 Å². The molecule has 0 fully saturated rings. The summed E-state index contributed by atoms with van der Waals surface area (Å²) in [6.45, 7) is 2.54. The molecule has 0 aliphatic carbocycles. The smallest absolute Gasteiger partial charge is 0.300 e. The first kappa shape index (κ1) is 13.7. The number of hydrogen-bond donors (Lipinski definition) is 4. The number of primary amides is 1. The Bertz CT molecular complexity index is 413. The van der Waals surface area contributed by atoms with E-state index in [-0.39, 0.29) is 22.8 Å². The molecule has 0 saturated carbocycles. The van der Waals surface area contributed by atoms with Crippen molar-refractivity contribution in [3.05, 3.63) is 17.5 Å². The molecular formula is C9H12N2O5. The van der Waals surface area contributed by atoms with Gasteiger partial charge in [0, 0.05) is 12.5 Å². The first-order valence-corrected chi connectivity index (χ1v) is 4.14. The van der Waals surface area contributed by atoms with Crippen LogP contribution < -0.4 is 5.73 Å². The highest BCUT2D eigenvalue weighted by molar-refractivity contribution is 5.94. The van der Waals surface area contributed by atoms with Gasteiger partial charge in [0.15, 0.2) is 11.4 Å². The van der Waals surface area contributed by atoms with E-state index in [9.17, 15) is 9.90 Å². The predicted molar refractivity (Wildman–Crippen MR) is 54.1 cm³/mol. The number of carbonyl (C=O) groups excluding carboxylic acids is 1. The average Bonchev–Trinajstić information content (AvgIpc) is 2.13. The molecule has 5 N–H and O–H groups in total. The van der Waals surface area contributed by atoms with Crippen LogP contribution in [0.2, 0.25) is 0 Å². The van der Waals surface area contributed by atoms with Crippen molar-refractivity contribution in [1.29, 1.82) is 0 Å². The molecule has 7 heteroatoms. The average molecular weight is 228 g/mol. The second kappa shape index (κ2) is 5.54. The number of carbonyl (C=O) groups is 2. The maximum atomic E-state index is 10.6. The highest BCUT2D eigenvalue weighted by Crippen LogP contribution is 2.26. The first-order valence-electron chi connectivity index (χ1n) is 4.14. The number of carboxylic acids is 1. The Labute approximate surface area is 91.2 Å². The lowest BCUT2D eigenvalue weighted by molar-refractivity contribution is -0.134. The summed E-state index contributed by atoms with van der Waals surface area (Å²) in [6.07, 6.45) is 1.06. The summed E-state index contributed by atoms with van der Waals surface area (Å²) in [6, 6.07) is 0. The molecule has 1 aromatic rings. The highest BCUT2D eigenvalue weighted by atomic mass is 16.4. The van der Waals surface area contributed by atoms with Crippen LogP contribution in [0, 0.1) is 6.92 Å². The minimum absolute atomic E-state index is 0.169. The zero-order valence-electron chi connectivity index (χ0n) is 8.76.